The second kappa shape index (κ2) is 6.93. The van der Waals surface area contributed by atoms with Gasteiger partial charge < -0.3 is 14.4 Å². The number of likely N-dealkylation sites (tertiary alicyclic amines) is 1. The zero-order chi connectivity index (χ0) is 18.1. The van der Waals surface area contributed by atoms with Crippen LogP contribution in [0, 0.1) is 5.92 Å². The zero-order valence-corrected chi connectivity index (χ0v) is 14.5. The van der Waals surface area contributed by atoms with Crippen LogP contribution in [0.25, 0.3) is 0 Å². The predicted octanol–water partition coefficient (Wildman–Crippen LogP) is 2.00. The minimum absolute atomic E-state index is 0.141. The highest BCUT2D eigenvalue weighted by molar-refractivity contribution is 5.88. The lowest BCUT2D eigenvalue weighted by atomic mass is 9.87. The number of rotatable bonds is 4. The summed E-state index contributed by atoms with van der Waals surface area (Å²) in [6.07, 6.45) is 6.40. The third-order valence-corrected chi connectivity index (χ3v) is 5.56. The molecular formula is C18H22N4O4. The van der Waals surface area contributed by atoms with E-state index in [9.17, 15) is 14.7 Å². The number of carboxylic acids is 1. The topological polar surface area (TPSA) is 112 Å². The van der Waals surface area contributed by atoms with Crippen molar-refractivity contribution in [3.63, 3.8) is 0 Å². The number of hydrogen-bond acceptors (Lipinski definition) is 5. The molecule has 2 aromatic heterocycles. The van der Waals surface area contributed by atoms with Gasteiger partial charge in [-0.1, -0.05) is 0 Å². The first-order chi connectivity index (χ1) is 12.6. The second-order valence-electron chi connectivity index (χ2n) is 7.14. The van der Waals surface area contributed by atoms with Crippen molar-refractivity contribution in [2.24, 2.45) is 5.92 Å². The van der Waals surface area contributed by atoms with E-state index in [2.05, 4.69) is 15.4 Å². The molecule has 3 heterocycles. The van der Waals surface area contributed by atoms with Gasteiger partial charge in [0.2, 0.25) is 5.91 Å². The van der Waals surface area contributed by atoms with E-state index in [0.717, 1.165) is 43.5 Å². The molecule has 0 spiro atoms. The number of amides is 1. The van der Waals surface area contributed by atoms with Crippen molar-refractivity contribution >= 4 is 11.9 Å². The quantitative estimate of drug-likeness (QED) is 0.864. The number of H-pyrrole nitrogens is 1. The molecule has 2 aromatic rings. The Morgan fingerprint density at radius 2 is 2.08 bits per heavy atom. The van der Waals surface area contributed by atoms with Gasteiger partial charge in [-0.15, -0.1) is 0 Å². The van der Waals surface area contributed by atoms with Crippen LogP contribution < -0.4 is 0 Å². The molecule has 26 heavy (non-hydrogen) atoms. The molecule has 2 aliphatic rings. The molecule has 1 atom stereocenters. The minimum Gasteiger partial charge on any atom is -0.478 e. The Bertz CT molecular complexity index is 804. The number of nitrogens with zero attached hydrogens (tertiary/aromatic N) is 3. The van der Waals surface area contributed by atoms with E-state index in [-0.39, 0.29) is 17.4 Å². The van der Waals surface area contributed by atoms with Gasteiger partial charge in [0.15, 0.2) is 0 Å². The molecule has 0 saturated carbocycles. The number of carboxylic acid groups (broad SMARTS) is 1. The number of carbonyl (C=O) groups is 2. The standard InChI is InChI=1S/C18H22N4O4/c23-17(13-2-1-3-14-16(13)20-21-19-14)22-7-4-11(5-8-22)10-15-12(18(24)25)6-9-26-15/h6,9,11,13H,1-5,7-8,10H2,(H,24,25)(H,19,20,21). The van der Waals surface area contributed by atoms with Crippen LogP contribution in [-0.2, 0) is 17.6 Å². The first-order valence-corrected chi connectivity index (χ1v) is 9.11. The Morgan fingerprint density at radius 3 is 2.85 bits per heavy atom. The van der Waals surface area contributed by atoms with Gasteiger partial charge in [-0.05, 0) is 44.1 Å². The first-order valence-electron chi connectivity index (χ1n) is 9.11. The average molecular weight is 358 g/mol. The van der Waals surface area contributed by atoms with Crippen LogP contribution >= 0.6 is 0 Å². The predicted molar refractivity (Wildman–Crippen MR) is 90.7 cm³/mol. The summed E-state index contributed by atoms with van der Waals surface area (Å²) in [4.78, 5) is 26.0. The fraction of sp³-hybridized carbons (Fsp3) is 0.556. The Kier molecular flexibility index (Phi) is 4.48. The van der Waals surface area contributed by atoms with Gasteiger partial charge in [0, 0.05) is 19.5 Å². The molecule has 8 nitrogen and oxygen atoms in total. The highest BCUT2D eigenvalue weighted by atomic mass is 16.4. The van der Waals surface area contributed by atoms with Gasteiger partial charge in [-0.25, -0.2) is 4.79 Å². The summed E-state index contributed by atoms with van der Waals surface area (Å²) < 4.78 is 5.35. The van der Waals surface area contributed by atoms with Gasteiger partial charge in [0.05, 0.1) is 23.6 Å². The van der Waals surface area contributed by atoms with Gasteiger partial charge in [0.1, 0.15) is 11.3 Å². The van der Waals surface area contributed by atoms with E-state index in [1.165, 1.54) is 12.3 Å². The van der Waals surface area contributed by atoms with Crippen molar-refractivity contribution < 1.29 is 19.1 Å². The summed E-state index contributed by atoms with van der Waals surface area (Å²) in [5, 5.41) is 20.2. The van der Waals surface area contributed by atoms with E-state index >= 15 is 0 Å². The second-order valence-corrected chi connectivity index (χ2v) is 7.14. The van der Waals surface area contributed by atoms with Crippen LogP contribution in [0.5, 0.6) is 0 Å². The first kappa shape index (κ1) is 16.8. The number of nitrogens with one attached hydrogen (secondary N) is 1. The van der Waals surface area contributed by atoms with Crippen LogP contribution in [0.3, 0.4) is 0 Å². The number of aromatic carboxylic acids is 1. The molecule has 1 fully saturated rings. The summed E-state index contributed by atoms with van der Waals surface area (Å²) >= 11 is 0. The number of aryl methyl sites for hydroxylation is 1. The van der Waals surface area contributed by atoms with Crippen molar-refractivity contribution in [2.45, 2.75) is 44.4 Å². The smallest absolute Gasteiger partial charge is 0.339 e. The number of piperidine rings is 1. The number of aromatic amines is 1. The molecule has 0 bridgehead atoms. The summed E-state index contributed by atoms with van der Waals surface area (Å²) in [6, 6.07) is 1.49. The van der Waals surface area contributed by atoms with Crippen molar-refractivity contribution in [3.8, 4) is 0 Å². The van der Waals surface area contributed by atoms with E-state index in [1.54, 1.807) is 0 Å². The lowest BCUT2D eigenvalue weighted by molar-refractivity contribution is -0.134. The van der Waals surface area contributed by atoms with E-state index < -0.39 is 5.97 Å². The van der Waals surface area contributed by atoms with E-state index in [1.807, 2.05) is 4.90 Å². The molecule has 8 heteroatoms. The third kappa shape index (κ3) is 3.11. The number of carbonyl (C=O) groups excluding carboxylic acids is 1. The van der Waals surface area contributed by atoms with E-state index in [0.29, 0.717) is 31.2 Å². The highest BCUT2D eigenvalue weighted by Crippen LogP contribution is 2.32. The highest BCUT2D eigenvalue weighted by Gasteiger charge is 2.34. The summed E-state index contributed by atoms with van der Waals surface area (Å²) in [5.41, 5.74) is 1.97. The molecule has 1 unspecified atom stereocenters. The Balaban J connectivity index is 1.36. The van der Waals surface area contributed by atoms with Crippen LogP contribution in [0.1, 0.15) is 59.1 Å². The van der Waals surface area contributed by atoms with Crippen molar-refractivity contribution in [2.75, 3.05) is 13.1 Å². The Morgan fingerprint density at radius 1 is 1.27 bits per heavy atom. The van der Waals surface area contributed by atoms with Crippen LogP contribution in [0.4, 0.5) is 0 Å². The van der Waals surface area contributed by atoms with Crippen molar-refractivity contribution in [1.82, 2.24) is 20.3 Å². The molecule has 0 aromatic carbocycles. The lowest BCUT2D eigenvalue weighted by Gasteiger charge is -2.34. The molecule has 1 saturated heterocycles. The molecule has 1 amide bonds. The number of furan rings is 1. The summed E-state index contributed by atoms with van der Waals surface area (Å²) in [5.74, 6) is -0.138. The van der Waals surface area contributed by atoms with Gasteiger partial charge in [-0.2, -0.15) is 15.4 Å². The maximum Gasteiger partial charge on any atom is 0.339 e. The Labute approximate surface area is 150 Å². The lowest BCUT2D eigenvalue weighted by Crippen LogP contribution is -2.42. The van der Waals surface area contributed by atoms with Crippen molar-refractivity contribution in [3.05, 3.63) is 35.0 Å². The molecule has 2 N–H and O–H groups in total. The fourth-order valence-corrected chi connectivity index (χ4v) is 4.10. The summed E-state index contributed by atoms with van der Waals surface area (Å²) in [6.45, 7) is 1.38. The van der Waals surface area contributed by atoms with Crippen LogP contribution in [0.2, 0.25) is 0 Å². The monoisotopic (exact) mass is 358 g/mol. The fourth-order valence-electron chi connectivity index (χ4n) is 4.10. The molecule has 1 aliphatic heterocycles. The molecule has 0 radical (unpaired) electrons. The van der Waals surface area contributed by atoms with Crippen molar-refractivity contribution in [1.29, 1.82) is 0 Å². The SMILES string of the molecule is O=C(O)c1ccoc1CC1CCN(C(=O)C2CCCc3n[nH]nc32)CC1. The van der Waals surface area contributed by atoms with Crippen LogP contribution in [-0.4, -0.2) is 50.4 Å². The maximum absolute atomic E-state index is 12.9. The van der Waals surface area contributed by atoms with E-state index in [4.69, 9.17) is 4.42 Å². The zero-order valence-electron chi connectivity index (χ0n) is 14.5. The Hall–Kier alpha value is -2.64. The maximum atomic E-state index is 12.9. The molecular weight excluding hydrogens is 336 g/mol. The minimum atomic E-state index is -0.956. The van der Waals surface area contributed by atoms with Crippen LogP contribution in [0.15, 0.2) is 16.7 Å². The van der Waals surface area contributed by atoms with Gasteiger partial charge in [0.25, 0.3) is 0 Å². The molecule has 1 aliphatic carbocycles. The summed E-state index contributed by atoms with van der Waals surface area (Å²) in [7, 11) is 0. The van der Waals surface area contributed by atoms with Gasteiger partial charge in [-0.3, -0.25) is 4.79 Å². The third-order valence-electron chi connectivity index (χ3n) is 5.56. The number of aromatic nitrogens is 3. The number of hydrogen-bond donors (Lipinski definition) is 2. The normalized spacial score (nSPS) is 20.8. The largest absolute Gasteiger partial charge is 0.478 e. The number of fused-ring (bicyclic) bond motifs is 1. The molecule has 4 rings (SSSR count). The average Bonchev–Trinajstić information content (AvgIpc) is 3.30. The molecule has 138 valence electrons. The van der Waals surface area contributed by atoms with Gasteiger partial charge >= 0.3 is 5.97 Å².